The Kier molecular flexibility index (Phi) is 4.19. The Hall–Kier alpha value is -1.74. The molecule has 0 heterocycles. The van der Waals surface area contributed by atoms with Crippen LogP contribution in [0.1, 0.15) is 32.3 Å². The van der Waals surface area contributed by atoms with Crippen molar-refractivity contribution >= 4 is 0 Å². The van der Waals surface area contributed by atoms with Crippen LogP contribution in [0.3, 0.4) is 0 Å². The Labute approximate surface area is 120 Å². The Balaban J connectivity index is 2.61. The fourth-order valence-corrected chi connectivity index (χ4v) is 2.96. The predicted molar refractivity (Wildman–Crippen MR) is 81.7 cm³/mol. The number of hydrogen-bond donors (Lipinski definition) is 3. The highest BCUT2D eigenvalue weighted by Gasteiger charge is 2.40. The van der Waals surface area contributed by atoms with Gasteiger partial charge in [0.05, 0.1) is 0 Å². The molecule has 1 aliphatic carbocycles. The van der Waals surface area contributed by atoms with E-state index in [1.807, 2.05) is 25.1 Å². The second-order valence-electron chi connectivity index (χ2n) is 5.64. The molecule has 0 saturated heterocycles. The number of hydrogen-bond acceptors (Lipinski definition) is 3. The van der Waals surface area contributed by atoms with Crippen LogP contribution in [0.2, 0.25) is 0 Å². The first-order valence-corrected chi connectivity index (χ1v) is 7.10. The third kappa shape index (κ3) is 2.34. The second-order valence-corrected chi connectivity index (χ2v) is 5.64. The molecule has 0 fully saturated rings. The van der Waals surface area contributed by atoms with E-state index >= 15 is 0 Å². The van der Waals surface area contributed by atoms with Crippen LogP contribution in [0.4, 0.5) is 0 Å². The van der Waals surface area contributed by atoms with Gasteiger partial charge in [-0.05, 0) is 37.4 Å². The van der Waals surface area contributed by atoms with Gasteiger partial charge in [0.2, 0.25) is 0 Å². The third-order valence-electron chi connectivity index (χ3n) is 4.49. The zero-order valence-electron chi connectivity index (χ0n) is 12.1. The molecule has 0 bridgehead atoms. The molecule has 1 aliphatic rings. The largest absolute Gasteiger partial charge is 0.508 e. The van der Waals surface area contributed by atoms with Gasteiger partial charge in [0.15, 0.2) is 0 Å². The van der Waals surface area contributed by atoms with Crippen LogP contribution in [-0.2, 0) is 5.41 Å². The molecule has 1 aromatic carbocycles. The van der Waals surface area contributed by atoms with Gasteiger partial charge < -0.3 is 15.9 Å². The molecule has 108 valence electrons. The summed E-state index contributed by atoms with van der Waals surface area (Å²) >= 11 is 0. The molecule has 2 rings (SSSR count). The standard InChI is InChI=1S/C17H23NO2/c1-12(11-18)17(2,13-7-3-5-9-15(13)19)14-8-4-6-10-16(14)20/h3,5,7-10,12,19-20H,4,6,11,18H2,1-2H3. The van der Waals surface area contributed by atoms with E-state index in [1.165, 1.54) is 0 Å². The molecule has 0 saturated carbocycles. The Morgan fingerprint density at radius 2 is 1.85 bits per heavy atom. The maximum atomic E-state index is 10.3. The minimum atomic E-state index is -0.499. The molecule has 0 radical (unpaired) electrons. The summed E-state index contributed by atoms with van der Waals surface area (Å²) in [6.07, 6.45) is 5.66. The van der Waals surface area contributed by atoms with Gasteiger partial charge >= 0.3 is 0 Å². The smallest absolute Gasteiger partial charge is 0.119 e. The third-order valence-corrected chi connectivity index (χ3v) is 4.49. The molecule has 0 spiro atoms. The van der Waals surface area contributed by atoms with Crippen LogP contribution in [0.15, 0.2) is 47.7 Å². The van der Waals surface area contributed by atoms with Crippen molar-refractivity contribution < 1.29 is 10.2 Å². The first-order valence-electron chi connectivity index (χ1n) is 7.10. The molecular formula is C17H23NO2. The van der Waals surface area contributed by atoms with E-state index in [2.05, 4.69) is 13.0 Å². The monoisotopic (exact) mass is 273 g/mol. The summed E-state index contributed by atoms with van der Waals surface area (Å²) in [5, 5.41) is 20.5. The number of phenols is 1. The van der Waals surface area contributed by atoms with Gasteiger partial charge in [-0.25, -0.2) is 0 Å². The Bertz CT molecular complexity index is 548. The number of aliphatic hydroxyl groups excluding tert-OH is 1. The summed E-state index contributed by atoms with van der Waals surface area (Å²) in [5.74, 6) is 0.646. The lowest BCUT2D eigenvalue weighted by Crippen LogP contribution is -2.38. The number of rotatable bonds is 4. The second kappa shape index (κ2) is 5.71. The molecule has 1 aromatic rings. The van der Waals surface area contributed by atoms with Gasteiger partial charge in [0.25, 0.3) is 0 Å². The van der Waals surface area contributed by atoms with Gasteiger partial charge in [0, 0.05) is 16.6 Å². The SMILES string of the molecule is CC(CN)C(C)(C1=CCCC=C1O)c1ccccc1O. The normalized spacial score (nSPS) is 19.8. The summed E-state index contributed by atoms with van der Waals surface area (Å²) in [6.45, 7) is 4.57. The quantitative estimate of drug-likeness (QED) is 0.787. The van der Waals surface area contributed by atoms with E-state index in [9.17, 15) is 10.2 Å². The summed E-state index contributed by atoms with van der Waals surface area (Å²) in [4.78, 5) is 0. The molecule has 2 atom stereocenters. The Morgan fingerprint density at radius 1 is 1.20 bits per heavy atom. The molecule has 3 heteroatoms. The molecule has 3 nitrogen and oxygen atoms in total. The van der Waals surface area contributed by atoms with Gasteiger partial charge in [-0.15, -0.1) is 0 Å². The fourth-order valence-electron chi connectivity index (χ4n) is 2.96. The van der Waals surface area contributed by atoms with E-state index < -0.39 is 5.41 Å². The molecule has 0 amide bonds. The highest BCUT2D eigenvalue weighted by Crippen LogP contribution is 2.45. The minimum absolute atomic E-state index is 0.0932. The average molecular weight is 273 g/mol. The Morgan fingerprint density at radius 3 is 2.45 bits per heavy atom. The molecule has 20 heavy (non-hydrogen) atoms. The topological polar surface area (TPSA) is 66.5 Å². The van der Waals surface area contributed by atoms with Crippen molar-refractivity contribution in [2.75, 3.05) is 6.54 Å². The van der Waals surface area contributed by atoms with Crippen LogP contribution in [0.5, 0.6) is 5.75 Å². The van der Waals surface area contributed by atoms with E-state index in [0.717, 1.165) is 24.0 Å². The molecule has 4 N–H and O–H groups in total. The summed E-state index contributed by atoms with van der Waals surface area (Å²) < 4.78 is 0. The first-order chi connectivity index (χ1) is 9.51. The van der Waals surface area contributed by atoms with Gasteiger partial charge in [-0.3, -0.25) is 0 Å². The average Bonchev–Trinajstić information content (AvgIpc) is 2.46. The lowest BCUT2D eigenvalue weighted by Gasteiger charge is -2.39. The van der Waals surface area contributed by atoms with E-state index in [-0.39, 0.29) is 11.7 Å². The van der Waals surface area contributed by atoms with E-state index in [4.69, 9.17) is 5.73 Å². The van der Waals surface area contributed by atoms with Gasteiger partial charge in [-0.1, -0.05) is 38.1 Å². The fraction of sp³-hybridized carbons (Fsp3) is 0.412. The van der Waals surface area contributed by atoms with Crippen molar-refractivity contribution in [3.05, 3.63) is 53.3 Å². The zero-order chi connectivity index (χ0) is 14.8. The van der Waals surface area contributed by atoms with E-state index in [0.29, 0.717) is 12.3 Å². The van der Waals surface area contributed by atoms with E-state index in [1.54, 1.807) is 12.1 Å². The summed E-state index contributed by atoms with van der Waals surface area (Å²) in [5.41, 5.74) is 7.06. The predicted octanol–water partition coefficient (Wildman–Crippen LogP) is 3.41. The number of aromatic hydroxyl groups is 1. The van der Waals surface area contributed by atoms with Crippen LogP contribution in [-0.4, -0.2) is 16.8 Å². The highest BCUT2D eigenvalue weighted by molar-refractivity contribution is 5.50. The minimum Gasteiger partial charge on any atom is -0.508 e. The van der Waals surface area contributed by atoms with Crippen molar-refractivity contribution in [2.24, 2.45) is 11.7 Å². The van der Waals surface area contributed by atoms with Crippen molar-refractivity contribution in [1.82, 2.24) is 0 Å². The number of benzene rings is 1. The first kappa shape index (κ1) is 14.7. The van der Waals surface area contributed by atoms with Crippen LogP contribution in [0, 0.1) is 5.92 Å². The maximum absolute atomic E-state index is 10.3. The summed E-state index contributed by atoms with van der Waals surface area (Å²) in [6, 6.07) is 7.29. The summed E-state index contributed by atoms with van der Waals surface area (Å²) in [7, 11) is 0. The van der Waals surface area contributed by atoms with Crippen LogP contribution in [0.25, 0.3) is 0 Å². The zero-order valence-corrected chi connectivity index (χ0v) is 12.1. The molecule has 2 unspecified atom stereocenters. The number of allylic oxidation sites excluding steroid dienone is 3. The molecule has 0 aliphatic heterocycles. The van der Waals surface area contributed by atoms with Crippen molar-refractivity contribution in [3.8, 4) is 5.75 Å². The maximum Gasteiger partial charge on any atom is 0.119 e. The molecular weight excluding hydrogens is 250 g/mol. The van der Waals surface area contributed by atoms with Crippen LogP contribution < -0.4 is 5.73 Å². The van der Waals surface area contributed by atoms with Crippen molar-refractivity contribution in [1.29, 1.82) is 0 Å². The number of phenolic OH excluding ortho intramolecular Hbond substituents is 1. The van der Waals surface area contributed by atoms with Crippen molar-refractivity contribution in [2.45, 2.75) is 32.1 Å². The molecule has 0 aromatic heterocycles. The van der Waals surface area contributed by atoms with Gasteiger partial charge in [-0.2, -0.15) is 0 Å². The highest BCUT2D eigenvalue weighted by atomic mass is 16.3. The lowest BCUT2D eigenvalue weighted by atomic mass is 9.65. The number of para-hydroxylation sites is 1. The van der Waals surface area contributed by atoms with Gasteiger partial charge in [0.1, 0.15) is 11.5 Å². The van der Waals surface area contributed by atoms with Crippen molar-refractivity contribution in [3.63, 3.8) is 0 Å². The number of nitrogens with two attached hydrogens (primary N) is 1. The number of aliphatic hydroxyl groups is 1. The lowest BCUT2D eigenvalue weighted by molar-refractivity contribution is 0.321. The van der Waals surface area contributed by atoms with Crippen LogP contribution >= 0.6 is 0 Å².